The van der Waals surface area contributed by atoms with E-state index in [4.69, 9.17) is 37.0 Å². The van der Waals surface area contributed by atoms with Crippen LogP contribution in [0.3, 0.4) is 0 Å². The molecule has 98 heavy (non-hydrogen) atoms. The molecule has 0 aliphatic carbocycles. The highest BCUT2D eigenvalue weighted by molar-refractivity contribution is 7.47. The molecule has 576 valence electrons. The van der Waals surface area contributed by atoms with Gasteiger partial charge >= 0.3 is 39.5 Å². The summed E-state index contributed by atoms with van der Waals surface area (Å²) in [6, 6.07) is 0. The molecule has 0 radical (unpaired) electrons. The molecule has 3 N–H and O–H groups in total. The van der Waals surface area contributed by atoms with Crippen molar-refractivity contribution >= 4 is 39.5 Å². The summed E-state index contributed by atoms with van der Waals surface area (Å²) in [4.78, 5) is 72.9. The van der Waals surface area contributed by atoms with Gasteiger partial charge in [0.2, 0.25) is 0 Å². The Morgan fingerprint density at radius 2 is 0.500 bits per heavy atom. The van der Waals surface area contributed by atoms with Crippen molar-refractivity contribution in [2.45, 2.75) is 406 Å². The second-order valence-corrected chi connectivity index (χ2v) is 30.3. The van der Waals surface area contributed by atoms with Gasteiger partial charge in [0, 0.05) is 25.7 Å². The van der Waals surface area contributed by atoms with E-state index < -0.39 is 97.5 Å². The molecule has 2 unspecified atom stereocenters. The fraction of sp³-hybridized carbons (Fsp3) is 0.873. The van der Waals surface area contributed by atoms with E-state index in [-0.39, 0.29) is 25.7 Å². The zero-order chi connectivity index (χ0) is 71.8. The van der Waals surface area contributed by atoms with Crippen LogP contribution in [0, 0.1) is 0 Å². The van der Waals surface area contributed by atoms with Crippen molar-refractivity contribution in [3.63, 3.8) is 0 Å². The lowest BCUT2D eigenvalue weighted by molar-refractivity contribution is -0.161. The van der Waals surface area contributed by atoms with Crippen LogP contribution in [-0.2, 0) is 65.4 Å². The van der Waals surface area contributed by atoms with Crippen LogP contribution in [0.4, 0.5) is 0 Å². The number of esters is 4. The zero-order valence-corrected chi connectivity index (χ0v) is 64.8. The predicted molar refractivity (Wildman–Crippen MR) is 400 cm³/mol. The van der Waals surface area contributed by atoms with E-state index in [2.05, 4.69) is 64.2 Å². The van der Waals surface area contributed by atoms with E-state index in [9.17, 15) is 43.2 Å². The highest BCUT2D eigenvalue weighted by Crippen LogP contribution is 2.45. The second kappa shape index (κ2) is 72.6. The Labute approximate surface area is 598 Å². The van der Waals surface area contributed by atoms with Crippen molar-refractivity contribution in [2.75, 3.05) is 39.6 Å². The molecule has 0 aliphatic heterocycles. The molecule has 0 heterocycles. The first kappa shape index (κ1) is 95.3. The maximum atomic E-state index is 13.1. The molecule has 0 spiro atoms. The number of phosphoric acid groups is 2. The third kappa shape index (κ3) is 71.7. The maximum Gasteiger partial charge on any atom is 0.472 e. The van der Waals surface area contributed by atoms with Gasteiger partial charge in [-0.25, -0.2) is 9.13 Å². The van der Waals surface area contributed by atoms with Gasteiger partial charge in [0.1, 0.15) is 19.3 Å². The predicted octanol–water partition coefficient (Wildman–Crippen LogP) is 23.1. The normalized spacial score (nSPS) is 14.1. The van der Waals surface area contributed by atoms with Gasteiger partial charge in [0.05, 0.1) is 26.4 Å². The molecule has 0 aromatic rings. The number of ether oxygens (including phenoxy) is 4. The second-order valence-electron chi connectivity index (χ2n) is 27.4. The molecule has 0 aromatic carbocycles. The summed E-state index contributed by atoms with van der Waals surface area (Å²) in [6.45, 7) is 4.92. The van der Waals surface area contributed by atoms with Crippen LogP contribution in [0.5, 0.6) is 0 Å². The third-order valence-electron chi connectivity index (χ3n) is 17.6. The number of hydrogen-bond acceptors (Lipinski definition) is 15. The van der Waals surface area contributed by atoms with Crippen LogP contribution in [0.2, 0.25) is 0 Å². The monoisotopic (exact) mass is 1430 g/mol. The zero-order valence-electron chi connectivity index (χ0n) is 63.0. The topological polar surface area (TPSA) is 237 Å². The molecule has 0 saturated carbocycles. The van der Waals surface area contributed by atoms with E-state index in [1.54, 1.807) is 0 Å². The summed E-state index contributed by atoms with van der Waals surface area (Å²) in [5.41, 5.74) is 0. The highest BCUT2D eigenvalue weighted by Gasteiger charge is 2.30. The first-order chi connectivity index (χ1) is 47.7. The van der Waals surface area contributed by atoms with Crippen molar-refractivity contribution in [3.05, 3.63) is 36.5 Å². The molecular weight excluding hydrogens is 1280 g/mol. The Kier molecular flexibility index (Phi) is 70.6. The first-order valence-electron chi connectivity index (χ1n) is 40.2. The quantitative estimate of drug-likeness (QED) is 0.0169. The number of aliphatic hydroxyl groups is 1. The smallest absolute Gasteiger partial charge is 0.462 e. The summed E-state index contributed by atoms with van der Waals surface area (Å²) in [6.07, 6.45) is 68.3. The van der Waals surface area contributed by atoms with Gasteiger partial charge in [0.25, 0.3) is 0 Å². The Morgan fingerprint density at radius 3 is 0.786 bits per heavy atom. The lowest BCUT2D eigenvalue weighted by atomic mass is 10.0. The molecule has 0 fully saturated rings. The Morgan fingerprint density at radius 1 is 0.286 bits per heavy atom. The van der Waals surface area contributed by atoms with Gasteiger partial charge in [-0.2, -0.15) is 0 Å². The van der Waals surface area contributed by atoms with Crippen LogP contribution >= 0.6 is 15.6 Å². The van der Waals surface area contributed by atoms with E-state index >= 15 is 0 Å². The van der Waals surface area contributed by atoms with E-state index in [0.29, 0.717) is 25.7 Å². The van der Waals surface area contributed by atoms with Gasteiger partial charge in [-0.05, 0) is 83.5 Å². The molecule has 0 rings (SSSR count). The minimum absolute atomic E-state index is 0.100. The van der Waals surface area contributed by atoms with E-state index in [1.165, 1.54) is 173 Å². The first-order valence-corrected chi connectivity index (χ1v) is 43.2. The Balaban J connectivity index is 5.31. The summed E-state index contributed by atoms with van der Waals surface area (Å²) in [7, 11) is -9.93. The lowest BCUT2D eigenvalue weighted by Gasteiger charge is -2.21. The van der Waals surface area contributed by atoms with Crippen LogP contribution in [0.1, 0.15) is 387 Å². The number of carbonyl (C=O) groups is 4. The van der Waals surface area contributed by atoms with Gasteiger partial charge in [-0.3, -0.25) is 37.3 Å². The number of phosphoric ester groups is 2. The number of rotatable bonds is 77. The van der Waals surface area contributed by atoms with Crippen LogP contribution in [-0.4, -0.2) is 96.7 Å². The molecule has 5 atom stereocenters. The minimum Gasteiger partial charge on any atom is -0.462 e. The van der Waals surface area contributed by atoms with Crippen molar-refractivity contribution in [3.8, 4) is 0 Å². The average Bonchev–Trinajstić information content (AvgIpc) is 0.959. The van der Waals surface area contributed by atoms with Gasteiger partial charge < -0.3 is 33.8 Å². The van der Waals surface area contributed by atoms with E-state index in [0.717, 1.165) is 135 Å². The standard InChI is InChI=1S/C79H148O17P2/c1-5-9-13-17-21-25-29-33-36-40-43-47-51-55-59-63-76(81)89-69-74(95-78(83)65-61-57-53-49-45-39-32-28-24-20-16-12-8-4)71-93-97(85,86)91-67-73(80)68-92-98(87,88)94-72-75(96-79(84)66-62-58-54-50-46-42-38-35-31-27-23-19-15-11-7-3)70-90-77(82)64-60-56-52-48-44-41-37-34-30-26-22-18-14-10-6-2/h21,25,33-34,36-37,73-75,80H,5-20,22-24,26-32,35,38-72H2,1-4H3,(H,85,86)(H,87,88)/b25-21-,36-33-,37-34-/t73-,74+,75+/m0/s1. The van der Waals surface area contributed by atoms with Crippen molar-refractivity contribution in [1.82, 2.24) is 0 Å². The van der Waals surface area contributed by atoms with Crippen molar-refractivity contribution < 1.29 is 80.2 Å². The Hall–Kier alpha value is -2.72. The average molecular weight is 1430 g/mol. The molecular formula is C79H148O17P2. The molecule has 0 saturated heterocycles. The summed E-state index contributed by atoms with van der Waals surface area (Å²) in [5, 5.41) is 10.6. The third-order valence-corrected chi connectivity index (χ3v) is 19.5. The van der Waals surface area contributed by atoms with Crippen LogP contribution < -0.4 is 0 Å². The SMILES string of the molecule is CCCCC/C=C\C/C=C\CCCCCCCC(=O)OC[C@H](COP(=O)(O)OC[C@H](O)COP(=O)(O)OC[C@@H](COC(=O)CCCCCCC/C=C\CCCCCCCC)OC(=O)CCCCCCCCCCCCCCCCC)OC(=O)CCCCCCCCCCCCCCC. The van der Waals surface area contributed by atoms with Crippen LogP contribution in [0.15, 0.2) is 36.5 Å². The maximum absolute atomic E-state index is 13.1. The number of aliphatic hydroxyl groups excluding tert-OH is 1. The largest absolute Gasteiger partial charge is 0.472 e. The molecule has 17 nitrogen and oxygen atoms in total. The molecule has 0 aromatic heterocycles. The van der Waals surface area contributed by atoms with Gasteiger partial charge in [-0.1, -0.05) is 315 Å². The van der Waals surface area contributed by atoms with E-state index in [1.807, 2.05) is 0 Å². The number of allylic oxidation sites excluding steroid dienone is 6. The summed E-state index contributed by atoms with van der Waals surface area (Å²) in [5.74, 6) is -2.15. The fourth-order valence-corrected chi connectivity index (χ4v) is 13.0. The van der Waals surface area contributed by atoms with Crippen molar-refractivity contribution in [1.29, 1.82) is 0 Å². The number of hydrogen-bond donors (Lipinski definition) is 3. The highest BCUT2D eigenvalue weighted by atomic mass is 31.2. The van der Waals surface area contributed by atoms with Gasteiger partial charge in [-0.15, -0.1) is 0 Å². The van der Waals surface area contributed by atoms with Gasteiger partial charge in [0.15, 0.2) is 12.2 Å². The number of carbonyl (C=O) groups excluding carboxylic acids is 4. The summed E-state index contributed by atoms with van der Waals surface area (Å²) >= 11 is 0. The summed E-state index contributed by atoms with van der Waals surface area (Å²) < 4.78 is 68.6. The Bertz CT molecular complexity index is 2000. The van der Waals surface area contributed by atoms with Crippen molar-refractivity contribution in [2.24, 2.45) is 0 Å². The fourth-order valence-electron chi connectivity index (χ4n) is 11.4. The molecule has 0 amide bonds. The minimum atomic E-state index is -4.97. The number of unbranched alkanes of at least 4 members (excludes halogenated alkanes) is 45. The molecule has 0 bridgehead atoms. The lowest BCUT2D eigenvalue weighted by Crippen LogP contribution is -2.30. The molecule has 0 aliphatic rings. The van der Waals surface area contributed by atoms with Crippen LogP contribution in [0.25, 0.3) is 0 Å². The molecule has 19 heteroatoms.